The van der Waals surface area contributed by atoms with Gasteiger partial charge in [-0.3, -0.25) is 4.79 Å². The van der Waals surface area contributed by atoms with Crippen LogP contribution >= 0.6 is 11.8 Å². The molecule has 2 N–H and O–H groups in total. The largest absolute Gasteiger partial charge is 0.480 e. The highest BCUT2D eigenvalue weighted by molar-refractivity contribution is 7.99. The zero-order chi connectivity index (χ0) is 22.2. The number of rotatable bonds is 14. The topological polar surface area (TPSA) is 66.4 Å². The lowest BCUT2D eigenvalue weighted by molar-refractivity contribution is -0.140. The zero-order valence-electron chi connectivity index (χ0n) is 19.0. The van der Waals surface area contributed by atoms with Crippen LogP contribution in [-0.4, -0.2) is 34.5 Å². The Kier molecular flexibility index (Phi) is 15.1. The summed E-state index contributed by atoms with van der Waals surface area (Å²) < 4.78 is 0. The van der Waals surface area contributed by atoms with Crippen molar-refractivity contribution in [2.45, 2.75) is 79.7 Å². The molecule has 0 saturated heterocycles. The van der Waals surface area contributed by atoms with Gasteiger partial charge in [-0.05, 0) is 66.7 Å². The van der Waals surface area contributed by atoms with E-state index >= 15 is 0 Å². The molecule has 1 amide bonds. The van der Waals surface area contributed by atoms with E-state index in [1.165, 1.54) is 41.0 Å². The second-order valence-electron chi connectivity index (χ2n) is 7.89. The average Bonchev–Trinajstić information content (AvgIpc) is 2.60. The summed E-state index contributed by atoms with van der Waals surface area (Å²) in [5, 5.41) is 11.6. The molecular weight excluding hydrogens is 382 g/mol. The lowest BCUT2D eigenvalue weighted by atomic mass is 10.0. The van der Waals surface area contributed by atoms with E-state index in [1.807, 2.05) is 0 Å². The van der Waals surface area contributed by atoms with Gasteiger partial charge in [0.25, 0.3) is 0 Å². The van der Waals surface area contributed by atoms with Crippen molar-refractivity contribution in [3.05, 3.63) is 46.6 Å². The summed E-state index contributed by atoms with van der Waals surface area (Å²) in [4.78, 5) is 22.2. The molecular formula is C24H39NO3S. The summed E-state index contributed by atoms with van der Waals surface area (Å²) in [6.07, 6.45) is 14.4. The van der Waals surface area contributed by atoms with Gasteiger partial charge in [-0.15, -0.1) is 0 Å². The number of allylic oxidation sites excluding steroid dienone is 7. The molecule has 0 bridgehead atoms. The van der Waals surface area contributed by atoms with Crippen molar-refractivity contribution in [3.63, 3.8) is 0 Å². The number of aliphatic carboxylic acids is 1. The first kappa shape index (κ1) is 27.2. The van der Waals surface area contributed by atoms with Crippen molar-refractivity contribution in [1.82, 2.24) is 5.32 Å². The van der Waals surface area contributed by atoms with Crippen LogP contribution in [0.1, 0.15) is 73.6 Å². The molecule has 0 radical (unpaired) electrons. The van der Waals surface area contributed by atoms with Crippen LogP contribution in [0.2, 0.25) is 0 Å². The third-order valence-corrected chi connectivity index (χ3v) is 5.24. The van der Waals surface area contributed by atoms with Crippen LogP contribution in [-0.2, 0) is 9.59 Å². The lowest BCUT2D eigenvalue weighted by Gasteiger charge is -2.12. The fourth-order valence-corrected chi connectivity index (χ4v) is 3.58. The van der Waals surface area contributed by atoms with E-state index in [2.05, 4.69) is 64.2 Å². The Morgan fingerprint density at radius 1 is 0.897 bits per heavy atom. The van der Waals surface area contributed by atoms with Gasteiger partial charge in [-0.1, -0.05) is 46.6 Å². The number of carbonyl (C=O) groups excluding carboxylic acids is 1. The molecule has 0 aliphatic rings. The first-order valence-corrected chi connectivity index (χ1v) is 11.4. The van der Waals surface area contributed by atoms with Gasteiger partial charge in [-0.25, -0.2) is 4.79 Å². The van der Waals surface area contributed by atoms with Crippen LogP contribution < -0.4 is 5.32 Å². The predicted molar refractivity (Wildman–Crippen MR) is 126 cm³/mol. The monoisotopic (exact) mass is 421 g/mol. The van der Waals surface area contributed by atoms with E-state index in [4.69, 9.17) is 5.11 Å². The second-order valence-corrected chi connectivity index (χ2v) is 8.96. The Morgan fingerprint density at radius 2 is 1.52 bits per heavy atom. The van der Waals surface area contributed by atoms with Gasteiger partial charge in [0.2, 0.25) is 5.91 Å². The van der Waals surface area contributed by atoms with Crippen molar-refractivity contribution in [1.29, 1.82) is 0 Å². The Balaban J connectivity index is 4.50. The SMILES string of the molecule is CC(=O)N[C@@H](CSC/C=C(/C)CC/C=C(/CC=C(C)C)CCC=C(C)C)C(=O)O. The molecule has 0 rings (SSSR count). The molecule has 0 aliphatic heterocycles. The van der Waals surface area contributed by atoms with Crippen LogP contribution in [0.25, 0.3) is 0 Å². The van der Waals surface area contributed by atoms with Gasteiger partial charge in [0, 0.05) is 18.4 Å². The molecule has 0 saturated carbocycles. The summed E-state index contributed by atoms with van der Waals surface area (Å²) >= 11 is 1.52. The van der Waals surface area contributed by atoms with Gasteiger partial charge in [0.1, 0.15) is 6.04 Å². The van der Waals surface area contributed by atoms with Crippen molar-refractivity contribution in [3.8, 4) is 0 Å². The van der Waals surface area contributed by atoms with Crippen LogP contribution in [0.4, 0.5) is 0 Å². The quantitative estimate of drug-likeness (QED) is 0.264. The maximum Gasteiger partial charge on any atom is 0.327 e. The Bertz CT molecular complexity index is 637. The van der Waals surface area contributed by atoms with Gasteiger partial charge in [0.15, 0.2) is 0 Å². The molecule has 0 aromatic rings. The minimum atomic E-state index is -0.990. The van der Waals surface area contributed by atoms with Gasteiger partial charge in [0.05, 0.1) is 0 Å². The number of amides is 1. The average molecular weight is 422 g/mol. The molecule has 0 aromatic heterocycles. The number of nitrogens with one attached hydrogen (secondary N) is 1. The Hall–Kier alpha value is -1.75. The minimum Gasteiger partial charge on any atom is -0.480 e. The Labute approximate surface area is 181 Å². The normalized spacial score (nSPS) is 12.9. The van der Waals surface area contributed by atoms with E-state index in [1.54, 1.807) is 0 Å². The highest BCUT2D eigenvalue weighted by atomic mass is 32.2. The van der Waals surface area contributed by atoms with Crippen LogP contribution in [0.3, 0.4) is 0 Å². The second kappa shape index (κ2) is 16.1. The molecule has 0 aliphatic carbocycles. The van der Waals surface area contributed by atoms with Crippen molar-refractivity contribution < 1.29 is 14.7 Å². The molecule has 1 atom stereocenters. The number of hydrogen-bond donors (Lipinski definition) is 2. The number of carboxylic acids is 1. The number of hydrogen-bond acceptors (Lipinski definition) is 3. The molecule has 4 nitrogen and oxygen atoms in total. The maximum absolute atomic E-state index is 11.1. The van der Waals surface area contributed by atoms with Crippen LogP contribution in [0, 0.1) is 0 Å². The molecule has 0 fully saturated rings. The van der Waals surface area contributed by atoms with Crippen molar-refractivity contribution in [2.24, 2.45) is 0 Å². The predicted octanol–water partition coefficient (Wildman–Crippen LogP) is 6.06. The maximum atomic E-state index is 11.1. The highest BCUT2D eigenvalue weighted by Gasteiger charge is 2.17. The number of carboxylic acid groups (broad SMARTS) is 1. The summed E-state index contributed by atoms with van der Waals surface area (Å²) in [6.45, 7) is 12.0. The molecule has 0 spiro atoms. The number of carbonyl (C=O) groups is 2. The van der Waals surface area contributed by atoms with Crippen molar-refractivity contribution in [2.75, 3.05) is 11.5 Å². The van der Waals surface area contributed by atoms with E-state index < -0.39 is 12.0 Å². The molecule has 29 heavy (non-hydrogen) atoms. The van der Waals surface area contributed by atoms with E-state index in [0.29, 0.717) is 5.75 Å². The van der Waals surface area contributed by atoms with Crippen LogP contribution in [0.5, 0.6) is 0 Å². The highest BCUT2D eigenvalue weighted by Crippen LogP contribution is 2.17. The first-order valence-electron chi connectivity index (χ1n) is 10.3. The van der Waals surface area contributed by atoms with E-state index in [-0.39, 0.29) is 5.91 Å². The molecule has 0 heterocycles. The lowest BCUT2D eigenvalue weighted by Crippen LogP contribution is -2.41. The smallest absolute Gasteiger partial charge is 0.327 e. The molecule has 0 aromatic carbocycles. The third-order valence-electron chi connectivity index (χ3n) is 4.27. The fraction of sp³-hybridized carbons (Fsp3) is 0.583. The minimum absolute atomic E-state index is 0.315. The summed E-state index contributed by atoms with van der Waals surface area (Å²) in [5.41, 5.74) is 5.52. The van der Waals surface area contributed by atoms with Gasteiger partial charge in [-0.2, -0.15) is 11.8 Å². The van der Waals surface area contributed by atoms with E-state index in [0.717, 1.165) is 37.9 Å². The zero-order valence-corrected chi connectivity index (χ0v) is 19.8. The van der Waals surface area contributed by atoms with Gasteiger partial charge >= 0.3 is 5.97 Å². The van der Waals surface area contributed by atoms with Crippen LogP contribution in [0.15, 0.2) is 46.6 Å². The molecule has 0 unspecified atom stereocenters. The number of thioether (sulfide) groups is 1. The van der Waals surface area contributed by atoms with Crippen molar-refractivity contribution >= 4 is 23.6 Å². The van der Waals surface area contributed by atoms with Gasteiger partial charge < -0.3 is 10.4 Å². The fourth-order valence-electron chi connectivity index (χ4n) is 2.58. The van der Waals surface area contributed by atoms with E-state index in [9.17, 15) is 9.59 Å². The summed E-state index contributed by atoms with van der Waals surface area (Å²) in [7, 11) is 0. The Morgan fingerprint density at radius 3 is 2.07 bits per heavy atom. The molecule has 5 heteroatoms. The third kappa shape index (κ3) is 16.9. The first-order chi connectivity index (χ1) is 13.6. The standard InChI is InChI=1S/C24H39NO3S/c1-18(2)9-7-11-22(14-13-19(3)4)12-8-10-20(5)15-16-29-17-23(24(27)28)25-21(6)26/h9,12-13,15,23H,7-8,10-11,14,16-17H2,1-6H3,(H,25,26)(H,27,28)/b20-15-,22-12+/t23-/m0/s1. The summed E-state index contributed by atoms with van der Waals surface area (Å²) in [6, 6.07) is -0.826. The molecule has 164 valence electrons. The summed E-state index contributed by atoms with van der Waals surface area (Å²) in [5.74, 6) is -0.180.